The predicted octanol–water partition coefficient (Wildman–Crippen LogP) is 0.476. The number of benzene rings is 1. The molecule has 0 saturated carbocycles. The topological polar surface area (TPSA) is 103 Å². The quantitative estimate of drug-likeness (QED) is 0.800. The second-order valence-electron chi connectivity index (χ2n) is 3.63. The summed E-state index contributed by atoms with van der Waals surface area (Å²) in [5, 5.41) is 3.62. The highest BCUT2D eigenvalue weighted by Gasteiger charge is 2.26. The molecule has 0 atom stereocenters. The van der Waals surface area contributed by atoms with Gasteiger partial charge in [-0.2, -0.15) is 10.1 Å². The van der Waals surface area contributed by atoms with Crippen molar-refractivity contribution in [3.05, 3.63) is 30.1 Å². The van der Waals surface area contributed by atoms with Crippen molar-refractivity contribution >= 4 is 21.7 Å². The van der Waals surface area contributed by atoms with Crippen LogP contribution in [-0.2, 0) is 17.1 Å². The summed E-state index contributed by atoms with van der Waals surface area (Å²) >= 11 is 0. The third-order valence-electron chi connectivity index (χ3n) is 2.23. The van der Waals surface area contributed by atoms with Crippen molar-refractivity contribution in [3.63, 3.8) is 0 Å². The van der Waals surface area contributed by atoms with Gasteiger partial charge in [-0.15, -0.1) is 0 Å². The molecule has 1 heterocycles. The fourth-order valence-corrected chi connectivity index (χ4v) is 2.55. The fourth-order valence-electron chi connectivity index (χ4n) is 1.40. The third kappa shape index (κ3) is 2.47. The molecule has 0 aliphatic carbocycles. The zero-order valence-electron chi connectivity index (χ0n) is 9.63. The number of aryl methyl sites for hydroxylation is 1. The minimum absolute atomic E-state index is 0.171. The van der Waals surface area contributed by atoms with E-state index in [9.17, 15) is 17.2 Å². The van der Waals surface area contributed by atoms with Crippen LogP contribution in [0, 0.1) is 11.6 Å². The minimum Gasteiger partial charge on any atom is -0.399 e. The number of nitrogens with two attached hydrogens (primary N) is 1. The van der Waals surface area contributed by atoms with E-state index in [1.54, 1.807) is 0 Å². The van der Waals surface area contributed by atoms with Gasteiger partial charge in [-0.05, 0) is 12.1 Å². The molecule has 2 rings (SSSR count). The first-order chi connectivity index (χ1) is 8.81. The van der Waals surface area contributed by atoms with Crippen LogP contribution in [0.25, 0.3) is 0 Å². The van der Waals surface area contributed by atoms with Gasteiger partial charge in [0.15, 0.2) is 4.90 Å². The molecule has 10 heteroatoms. The van der Waals surface area contributed by atoms with Crippen LogP contribution in [0.1, 0.15) is 0 Å². The monoisotopic (exact) mass is 289 g/mol. The highest BCUT2D eigenvalue weighted by Crippen LogP contribution is 2.23. The maximum Gasteiger partial charge on any atom is 0.270 e. The minimum atomic E-state index is -4.46. The molecule has 3 N–H and O–H groups in total. The molecule has 0 aliphatic rings. The predicted molar refractivity (Wildman–Crippen MR) is 62.6 cm³/mol. The Morgan fingerprint density at radius 3 is 2.37 bits per heavy atom. The Bertz CT molecular complexity index is 705. The van der Waals surface area contributed by atoms with E-state index in [0.717, 1.165) is 11.0 Å². The lowest BCUT2D eigenvalue weighted by Crippen LogP contribution is -2.19. The van der Waals surface area contributed by atoms with Gasteiger partial charge in [-0.25, -0.2) is 26.6 Å². The highest BCUT2D eigenvalue weighted by atomic mass is 32.2. The number of hydrogen-bond donors (Lipinski definition) is 2. The van der Waals surface area contributed by atoms with Gasteiger partial charge in [0.1, 0.15) is 18.0 Å². The van der Waals surface area contributed by atoms with Gasteiger partial charge >= 0.3 is 0 Å². The summed E-state index contributed by atoms with van der Waals surface area (Å²) in [5.74, 6) is -2.74. The van der Waals surface area contributed by atoms with Crippen LogP contribution in [0.2, 0.25) is 0 Å². The van der Waals surface area contributed by atoms with Crippen LogP contribution in [0.4, 0.5) is 20.4 Å². The second-order valence-corrected chi connectivity index (χ2v) is 5.25. The molecule has 7 nitrogen and oxygen atoms in total. The Morgan fingerprint density at radius 1 is 1.32 bits per heavy atom. The van der Waals surface area contributed by atoms with E-state index in [1.165, 1.54) is 7.05 Å². The van der Waals surface area contributed by atoms with E-state index in [4.69, 9.17) is 5.73 Å². The summed E-state index contributed by atoms with van der Waals surface area (Å²) < 4.78 is 53.9. The van der Waals surface area contributed by atoms with Crippen molar-refractivity contribution in [1.29, 1.82) is 0 Å². The molecule has 1 aromatic heterocycles. The number of sulfonamides is 1. The Hall–Kier alpha value is -2.23. The van der Waals surface area contributed by atoms with E-state index in [-0.39, 0.29) is 11.6 Å². The first kappa shape index (κ1) is 13.2. The first-order valence-corrected chi connectivity index (χ1v) is 6.41. The van der Waals surface area contributed by atoms with E-state index < -0.39 is 26.6 Å². The van der Waals surface area contributed by atoms with Crippen LogP contribution >= 0.6 is 0 Å². The molecule has 0 amide bonds. The van der Waals surface area contributed by atoms with Gasteiger partial charge in [-0.3, -0.25) is 0 Å². The summed E-state index contributed by atoms with van der Waals surface area (Å²) in [5.41, 5.74) is 4.99. The molecule has 0 saturated heterocycles. The van der Waals surface area contributed by atoms with Crippen molar-refractivity contribution in [2.45, 2.75) is 4.90 Å². The molecule has 1 aromatic carbocycles. The zero-order valence-corrected chi connectivity index (χ0v) is 10.4. The van der Waals surface area contributed by atoms with Crippen LogP contribution < -0.4 is 10.5 Å². The Balaban J connectivity index is 2.49. The number of hydrogen-bond acceptors (Lipinski definition) is 5. The summed E-state index contributed by atoms with van der Waals surface area (Å²) in [6, 6.07) is 1.43. The van der Waals surface area contributed by atoms with Crippen LogP contribution in [0.3, 0.4) is 0 Å². The largest absolute Gasteiger partial charge is 0.399 e. The molecule has 0 radical (unpaired) electrons. The van der Waals surface area contributed by atoms with E-state index >= 15 is 0 Å². The maximum atomic E-state index is 13.6. The molecular weight excluding hydrogens is 280 g/mol. The van der Waals surface area contributed by atoms with Gasteiger partial charge in [-0.1, -0.05) is 0 Å². The van der Waals surface area contributed by atoms with Crippen LogP contribution in [0.15, 0.2) is 23.4 Å². The lowest BCUT2D eigenvalue weighted by molar-refractivity contribution is 0.522. The SMILES string of the molecule is Cn1ncnc1NS(=O)(=O)c1c(F)cc(N)cc1F. The summed E-state index contributed by atoms with van der Waals surface area (Å²) in [7, 11) is -3.05. The molecule has 19 heavy (non-hydrogen) atoms. The summed E-state index contributed by atoms with van der Waals surface area (Å²) in [4.78, 5) is 2.47. The summed E-state index contributed by atoms with van der Waals surface area (Å²) in [6.45, 7) is 0. The number of nitrogens with one attached hydrogen (secondary N) is 1. The van der Waals surface area contributed by atoms with Gasteiger partial charge in [0.25, 0.3) is 10.0 Å². The van der Waals surface area contributed by atoms with Crippen molar-refractivity contribution < 1.29 is 17.2 Å². The number of anilines is 2. The smallest absolute Gasteiger partial charge is 0.270 e. The molecule has 0 spiro atoms. The van der Waals surface area contributed by atoms with Gasteiger partial charge in [0.05, 0.1) is 0 Å². The Morgan fingerprint density at radius 2 is 1.89 bits per heavy atom. The summed E-state index contributed by atoms with van der Waals surface area (Å²) in [6.07, 6.45) is 1.09. The number of rotatable bonds is 3. The van der Waals surface area contributed by atoms with Crippen molar-refractivity contribution in [1.82, 2.24) is 14.8 Å². The lowest BCUT2D eigenvalue weighted by Gasteiger charge is -2.09. The average molecular weight is 289 g/mol. The average Bonchev–Trinajstić information content (AvgIpc) is 2.61. The molecule has 102 valence electrons. The van der Waals surface area contributed by atoms with E-state index in [0.29, 0.717) is 12.1 Å². The molecule has 0 bridgehead atoms. The van der Waals surface area contributed by atoms with Crippen molar-refractivity contribution in [2.75, 3.05) is 10.5 Å². The third-order valence-corrected chi connectivity index (χ3v) is 3.61. The van der Waals surface area contributed by atoms with E-state index in [2.05, 4.69) is 10.1 Å². The number of aromatic nitrogens is 3. The molecule has 0 fully saturated rings. The standard InChI is InChI=1S/C9H9F2N5O2S/c1-16-9(13-4-14-16)15-19(17,18)8-6(10)2-5(12)3-7(8)11/h2-4H,12H2,1H3,(H,13,14,15). The number of halogens is 2. The van der Waals surface area contributed by atoms with Gasteiger partial charge < -0.3 is 5.73 Å². The Labute approximate surface area is 107 Å². The van der Waals surface area contributed by atoms with Crippen molar-refractivity contribution in [2.24, 2.45) is 7.05 Å². The van der Waals surface area contributed by atoms with Crippen LogP contribution in [-0.4, -0.2) is 23.2 Å². The highest BCUT2D eigenvalue weighted by molar-refractivity contribution is 7.92. The molecule has 2 aromatic rings. The number of nitrogens with zero attached hydrogens (tertiary/aromatic N) is 3. The molecule has 0 aliphatic heterocycles. The first-order valence-electron chi connectivity index (χ1n) is 4.92. The van der Waals surface area contributed by atoms with Crippen LogP contribution in [0.5, 0.6) is 0 Å². The van der Waals surface area contributed by atoms with Gasteiger partial charge in [0.2, 0.25) is 5.95 Å². The molecule has 0 unspecified atom stereocenters. The second kappa shape index (κ2) is 4.46. The fraction of sp³-hybridized carbons (Fsp3) is 0.111. The lowest BCUT2D eigenvalue weighted by atomic mass is 10.3. The maximum absolute atomic E-state index is 13.6. The zero-order chi connectivity index (χ0) is 14.2. The van der Waals surface area contributed by atoms with Crippen molar-refractivity contribution in [3.8, 4) is 0 Å². The normalized spacial score (nSPS) is 11.5. The molecular formula is C9H9F2N5O2S. The Kier molecular flexibility index (Phi) is 3.10. The number of nitrogen functional groups attached to an aromatic ring is 1. The van der Waals surface area contributed by atoms with Gasteiger partial charge in [0, 0.05) is 12.7 Å². The van der Waals surface area contributed by atoms with E-state index in [1.807, 2.05) is 4.72 Å².